The maximum Gasteiger partial charge on any atom is 0.308 e. The van der Waals surface area contributed by atoms with E-state index in [1.807, 2.05) is 25.1 Å². The molecule has 21 heavy (non-hydrogen) atoms. The van der Waals surface area contributed by atoms with Crippen LogP contribution in [-0.4, -0.2) is 24.7 Å². The number of ether oxygens (including phenoxy) is 2. The molecule has 0 fully saturated rings. The van der Waals surface area contributed by atoms with Gasteiger partial charge in [-0.2, -0.15) is 0 Å². The number of nitrogens with two attached hydrogens (primary N) is 1. The van der Waals surface area contributed by atoms with Crippen molar-refractivity contribution in [3.05, 3.63) is 35.5 Å². The highest BCUT2D eigenvalue weighted by molar-refractivity contribution is 5.86. The summed E-state index contributed by atoms with van der Waals surface area (Å²) in [6, 6.07) is 7.85. The first-order chi connectivity index (χ1) is 10.1. The molecule has 1 aliphatic rings. The van der Waals surface area contributed by atoms with E-state index >= 15 is 0 Å². The van der Waals surface area contributed by atoms with Crippen molar-refractivity contribution in [3.8, 4) is 0 Å². The summed E-state index contributed by atoms with van der Waals surface area (Å²) in [6.45, 7) is 2.41. The molecule has 5 nitrogen and oxygen atoms in total. The fourth-order valence-electron chi connectivity index (χ4n) is 3.16. The van der Waals surface area contributed by atoms with E-state index < -0.39 is 5.60 Å². The van der Waals surface area contributed by atoms with Crippen molar-refractivity contribution >= 4 is 16.9 Å². The monoisotopic (exact) mass is 288 g/mol. The summed E-state index contributed by atoms with van der Waals surface area (Å²) in [5, 5.41) is 1.10. The number of esters is 1. The average molecular weight is 288 g/mol. The molecule has 0 spiro atoms. The molecule has 0 bridgehead atoms. The van der Waals surface area contributed by atoms with E-state index in [1.54, 1.807) is 0 Å². The van der Waals surface area contributed by atoms with Gasteiger partial charge in [-0.05, 0) is 12.5 Å². The molecule has 2 aromatic rings. The van der Waals surface area contributed by atoms with Crippen LogP contribution in [-0.2, 0) is 19.9 Å². The summed E-state index contributed by atoms with van der Waals surface area (Å²) in [5.74, 6) is -0.281. The van der Waals surface area contributed by atoms with Crippen LogP contribution in [0.5, 0.6) is 0 Å². The average Bonchev–Trinajstić information content (AvgIpc) is 2.91. The lowest BCUT2D eigenvalue weighted by Crippen LogP contribution is -2.41. The van der Waals surface area contributed by atoms with E-state index in [2.05, 4.69) is 11.1 Å². The van der Waals surface area contributed by atoms with E-state index in [1.165, 1.54) is 7.11 Å². The van der Waals surface area contributed by atoms with Crippen LogP contribution < -0.4 is 5.73 Å². The van der Waals surface area contributed by atoms with Crippen molar-refractivity contribution in [2.45, 2.75) is 31.4 Å². The molecule has 0 radical (unpaired) electrons. The van der Waals surface area contributed by atoms with Gasteiger partial charge in [-0.1, -0.05) is 25.1 Å². The molecule has 112 valence electrons. The molecule has 1 aromatic heterocycles. The largest absolute Gasteiger partial charge is 0.469 e. The Bertz CT molecular complexity index is 679. The molecule has 0 saturated carbocycles. The van der Waals surface area contributed by atoms with Gasteiger partial charge in [0.1, 0.15) is 5.60 Å². The molecule has 2 unspecified atom stereocenters. The third-order valence-corrected chi connectivity index (χ3v) is 4.34. The molecule has 0 aliphatic carbocycles. The molecule has 5 heteroatoms. The van der Waals surface area contributed by atoms with Gasteiger partial charge in [-0.3, -0.25) is 4.79 Å². The van der Waals surface area contributed by atoms with Crippen molar-refractivity contribution in [1.82, 2.24) is 4.98 Å². The molecule has 0 amide bonds. The summed E-state index contributed by atoms with van der Waals surface area (Å²) in [5.41, 5.74) is 8.54. The molecule has 1 aromatic carbocycles. The van der Waals surface area contributed by atoms with E-state index in [4.69, 9.17) is 15.2 Å². The zero-order valence-corrected chi connectivity index (χ0v) is 12.3. The Morgan fingerprint density at radius 1 is 1.52 bits per heavy atom. The highest BCUT2D eigenvalue weighted by Crippen LogP contribution is 2.44. The number of aromatic amines is 1. The maximum atomic E-state index is 11.8. The third kappa shape index (κ3) is 2.13. The number of methoxy groups -OCH3 is 1. The number of benzene rings is 1. The molecule has 3 N–H and O–H groups in total. The minimum Gasteiger partial charge on any atom is -0.469 e. The van der Waals surface area contributed by atoms with Gasteiger partial charge in [0.05, 0.1) is 31.9 Å². The van der Waals surface area contributed by atoms with E-state index in [-0.39, 0.29) is 18.4 Å². The van der Waals surface area contributed by atoms with Crippen LogP contribution in [0.1, 0.15) is 37.1 Å². The molecule has 2 heterocycles. The van der Waals surface area contributed by atoms with Gasteiger partial charge < -0.3 is 20.2 Å². The molecule has 1 aliphatic heterocycles. The summed E-state index contributed by atoms with van der Waals surface area (Å²) in [7, 11) is 1.40. The lowest BCUT2D eigenvalue weighted by atomic mass is 9.85. The topological polar surface area (TPSA) is 77.3 Å². The Labute approximate surface area is 123 Å². The van der Waals surface area contributed by atoms with Crippen LogP contribution in [0.3, 0.4) is 0 Å². The van der Waals surface area contributed by atoms with Gasteiger partial charge in [-0.25, -0.2) is 0 Å². The predicted octanol–water partition coefficient (Wildman–Crippen LogP) is 2.37. The van der Waals surface area contributed by atoms with Crippen LogP contribution in [0.4, 0.5) is 0 Å². The summed E-state index contributed by atoms with van der Waals surface area (Å²) < 4.78 is 10.8. The minimum atomic E-state index is -0.683. The van der Waals surface area contributed by atoms with Crippen LogP contribution >= 0.6 is 0 Å². The van der Waals surface area contributed by atoms with Gasteiger partial charge in [-0.15, -0.1) is 0 Å². The van der Waals surface area contributed by atoms with Crippen molar-refractivity contribution in [2.75, 3.05) is 13.7 Å². The van der Waals surface area contributed by atoms with Crippen LogP contribution in [0.25, 0.3) is 10.9 Å². The second-order valence-electron chi connectivity index (χ2n) is 5.48. The number of aromatic nitrogens is 1. The first kappa shape index (κ1) is 14.1. The normalized spacial score (nSPS) is 24.8. The van der Waals surface area contributed by atoms with Gasteiger partial charge in [0.25, 0.3) is 0 Å². The van der Waals surface area contributed by atoms with Crippen molar-refractivity contribution in [1.29, 1.82) is 0 Å². The number of hydrogen-bond donors (Lipinski definition) is 2. The SMILES string of the molecule is CCC1(CC(=O)OC)OCC(N)c2c1[nH]c1ccccc21. The molecular weight excluding hydrogens is 268 g/mol. The Kier molecular flexibility index (Phi) is 3.47. The number of fused-ring (bicyclic) bond motifs is 3. The summed E-state index contributed by atoms with van der Waals surface area (Å²) >= 11 is 0. The van der Waals surface area contributed by atoms with Gasteiger partial charge in [0.2, 0.25) is 0 Å². The number of H-pyrrole nitrogens is 1. The van der Waals surface area contributed by atoms with Crippen LogP contribution in [0.2, 0.25) is 0 Å². The van der Waals surface area contributed by atoms with Gasteiger partial charge >= 0.3 is 5.97 Å². The second-order valence-corrected chi connectivity index (χ2v) is 5.48. The van der Waals surface area contributed by atoms with E-state index in [0.717, 1.165) is 22.2 Å². The van der Waals surface area contributed by atoms with Crippen LogP contribution in [0.15, 0.2) is 24.3 Å². The quantitative estimate of drug-likeness (QED) is 0.850. The van der Waals surface area contributed by atoms with E-state index in [0.29, 0.717) is 13.0 Å². The fraction of sp³-hybridized carbons (Fsp3) is 0.438. The van der Waals surface area contributed by atoms with Gasteiger partial charge in [0, 0.05) is 16.5 Å². The van der Waals surface area contributed by atoms with Gasteiger partial charge in [0.15, 0.2) is 0 Å². The number of carbonyl (C=O) groups is 1. The summed E-state index contributed by atoms with van der Waals surface area (Å²) in [6.07, 6.45) is 0.862. The summed E-state index contributed by atoms with van der Waals surface area (Å²) in [4.78, 5) is 15.2. The van der Waals surface area contributed by atoms with Crippen molar-refractivity contribution in [3.63, 3.8) is 0 Å². The zero-order valence-electron chi connectivity index (χ0n) is 12.3. The zero-order chi connectivity index (χ0) is 15.0. The maximum absolute atomic E-state index is 11.8. The Balaban J connectivity index is 2.19. The smallest absolute Gasteiger partial charge is 0.308 e. The highest BCUT2D eigenvalue weighted by atomic mass is 16.5. The number of carbonyl (C=O) groups excluding carboxylic acids is 1. The Hall–Kier alpha value is -1.85. The second kappa shape index (κ2) is 5.16. The number of rotatable bonds is 3. The first-order valence-corrected chi connectivity index (χ1v) is 7.18. The highest BCUT2D eigenvalue weighted by Gasteiger charge is 2.43. The molecular formula is C16H20N2O3. The number of nitrogens with one attached hydrogen (secondary N) is 1. The van der Waals surface area contributed by atoms with Crippen molar-refractivity contribution < 1.29 is 14.3 Å². The molecule has 3 rings (SSSR count). The first-order valence-electron chi connectivity index (χ1n) is 7.18. The van der Waals surface area contributed by atoms with E-state index in [9.17, 15) is 4.79 Å². The Morgan fingerprint density at radius 3 is 3.00 bits per heavy atom. The molecule has 0 saturated heterocycles. The standard InChI is InChI=1S/C16H20N2O3/c1-3-16(8-13(19)20-2)15-14(11(17)9-21-16)10-6-4-5-7-12(10)18-15/h4-7,11,18H,3,8-9,17H2,1-2H3. The molecule has 2 atom stereocenters. The van der Waals surface area contributed by atoms with Crippen LogP contribution in [0, 0.1) is 0 Å². The Morgan fingerprint density at radius 2 is 2.29 bits per heavy atom. The lowest BCUT2D eigenvalue weighted by molar-refractivity contribution is -0.153. The van der Waals surface area contributed by atoms with Crippen molar-refractivity contribution in [2.24, 2.45) is 5.73 Å². The number of hydrogen-bond acceptors (Lipinski definition) is 4. The number of para-hydroxylation sites is 1. The third-order valence-electron chi connectivity index (χ3n) is 4.34. The minimum absolute atomic E-state index is 0.187. The fourth-order valence-corrected chi connectivity index (χ4v) is 3.16. The predicted molar refractivity (Wildman–Crippen MR) is 79.8 cm³/mol. The lowest BCUT2D eigenvalue weighted by Gasteiger charge is -2.38.